The fraction of sp³-hybridized carbons (Fsp3) is 0. The Balaban J connectivity index is 1.31. The molecule has 0 aliphatic carbocycles. The Morgan fingerprint density at radius 1 is 0.320 bits per heavy atom. The Labute approximate surface area is 290 Å². The normalized spacial score (nSPS) is 11.6. The van der Waals surface area contributed by atoms with Crippen molar-refractivity contribution in [3.8, 4) is 22.3 Å². The molecule has 0 saturated heterocycles. The lowest BCUT2D eigenvalue weighted by molar-refractivity contribution is 0.673. The lowest BCUT2D eigenvalue weighted by Crippen LogP contribution is -2.10. The van der Waals surface area contributed by atoms with Crippen LogP contribution in [0.4, 0.5) is 17.1 Å². The molecule has 0 atom stereocenters. The fourth-order valence-electron chi connectivity index (χ4n) is 7.82. The molecule has 9 aromatic carbocycles. The zero-order valence-electron chi connectivity index (χ0n) is 27.3. The quantitative estimate of drug-likeness (QED) is 0.175. The van der Waals surface area contributed by atoms with Gasteiger partial charge in [-0.2, -0.15) is 0 Å². The summed E-state index contributed by atoms with van der Waals surface area (Å²) < 4.78 is 6.89. The van der Waals surface area contributed by atoms with E-state index in [0.29, 0.717) is 0 Å². The summed E-state index contributed by atoms with van der Waals surface area (Å²) >= 11 is 0. The van der Waals surface area contributed by atoms with Crippen molar-refractivity contribution in [3.05, 3.63) is 188 Å². The lowest BCUT2D eigenvalue weighted by Gasteiger charge is -2.27. The summed E-state index contributed by atoms with van der Waals surface area (Å²) in [6, 6.07) is 67.4. The summed E-state index contributed by atoms with van der Waals surface area (Å²) in [4.78, 5) is 2.35. The van der Waals surface area contributed by atoms with E-state index in [4.69, 9.17) is 4.42 Å². The molecule has 10 rings (SSSR count). The monoisotopic (exact) mass is 637 g/mol. The average molecular weight is 638 g/mol. The van der Waals surface area contributed by atoms with Crippen molar-refractivity contribution in [1.29, 1.82) is 0 Å². The highest BCUT2D eigenvalue weighted by atomic mass is 16.3. The van der Waals surface area contributed by atoms with Gasteiger partial charge in [0.25, 0.3) is 0 Å². The Morgan fingerprint density at radius 2 is 0.860 bits per heavy atom. The lowest BCUT2D eigenvalue weighted by atomic mass is 9.85. The smallest absolute Gasteiger partial charge is 0.159 e. The van der Waals surface area contributed by atoms with Gasteiger partial charge in [0.1, 0.15) is 5.58 Å². The fourth-order valence-corrected chi connectivity index (χ4v) is 7.82. The minimum atomic E-state index is 0.870. The summed E-state index contributed by atoms with van der Waals surface area (Å²) in [5.74, 6) is 0. The molecular formula is C48H31NO. The molecule has 234 valence electrons. The first kappa shape index (κ1) is 28.4. The van der Waals surface area contributed by atoms with Crippen molar-refractivity contribution >= 4 is 71.3 Å². The van der Waals surface area contributed by atoms with Crippen LogP contribution >= 0.6 is 0 Å². The van der Waals surface area contributed by atoms with E-state index in [9.17, 15) is 0 Å². The number of para-hydroxylation sites is 2. The molecule has 0 unspecified atom stereocenters. The van der Waals surface area contributed by atoms with Crippen molar-refractivity contribution < 1.29 is 4.42 Å². The number of benzene rings is 9. The number of rotatable bonds is 5. The summed E-state index contributed by atoms with van der Waals surface area (Å²) in [7, 11) is 0. The molecule has 0 fully saturated rings. The first-order valence-corrected chi connectivity index (χ1v) is 17.1. The van der Waals surface area contributed by atoms with Crippen LogP contribution in [0, 0.1) is 0 Å². The first-order valence-electron chi connectivity index (χ1n) is 17.1. The predicted molar refractivity (Wildman–Crippen MR) is 212 cm³/mol. The molecular weight excluding hydrogens is 607 g/mol. The number of nitrogens with zero attached hydrogens (tertiary/aromatic N) is 1. The van der Waals surface area contributed by atoms with Gasteiger partial charge in [0.15, 0.2) is 5.58 Å². The molecule has 0 amide bonds. The highest BCUT2D eigenvalue weighted by Crippen LogP contribution is 2.48. The van der Waals surface area contributed by atoms with Gasteiger partial charge in [0.2, 0.25) is 0 Å². The van der Waals surface area contributed by atoms with E-state index >= 15 is 0 Å². The highest BCUT2D eigenvalue weighted by Gasteiger charge is 2.23. The second kappa shape index (κ2) is 11.5. The third-order valence-corrected chi connectivity index (χ3v) is 10.0. The Bertz CT molecular complexity index is 2850. The topological polar surface area (TPSA) is 16.4 Å². The zero-order valence-corrected chi connectivity index (χ0v) is 27.3. The van der Waals surface area contributed by atoms with E-state index in [2.05, 4.69) is 193 Å². The standard InChI is InChI=1S/C48H31NO/c1-4-16-33(17-5-1)45-40-24-13-12-23-38(40)39-30-28-36(31-43(39)46(45)34-18-6-2-7-19-34)49(35-20-8-3-9-21-35)44-26-14-25-41-42-29-27-32-15-10-11-22-37(32)47(42)50-48(41)44/h1-31H. The maximum atomic E-state index is 6.89. The van der Waals surface area contributed by atoms with E-state index < -0.39 is 0 Å². The molecule has 1 heterocycles. The number of fused-ring (bicyclic) bond motifs is 8. The molecule has 50 heavy (non-hydrogen) atoms. The molecule has 1 aromatic heterocycles. The molecule has 10 aromatic rings. The molecule has 2 heteroatoms. The number of hydrogen-bond donors (Lipinski definition) is 0. The van der Waals surface area contributed by atoms with Crippen molar-refractivity contribution in [1.82, 2.24) is 0 Å². The van der Waals surface area contributed by atoms with Crippen LogP contribution in [0.25, 0.3) is 76.5 Å². The van der Waals surface area contributed by atoms with Crippen molar-refractivity contribution in [2.24, 2.45) is 0 Å². The average Bonchev–Trinajstić information content (AvgIpc) is 3.59. The molecule has 0 aliphatic heterocycles. The van der Waals surface area contributed by atoms with Gasteiger partial charge >= 0.3 is 0 Å². The molecule has 0 bridgehead atoms. The Morgan fingerprint density at radius 3 is 1.60 bits per heavy atom. The predicted octanol–water partition coefficient (Wildman–Crippen LogP) is 13.8. The van der Waals surface area contributed by atoms with E-state index in [1.54, 1.807) is 0 Å². The number of anilines is 3. The van der Waals surface area contributed by atoms with Gasteiger partial charge in [-0.25, -0.2) is 0 Å². The second-order valence-electron chi connectivity index (χ2n) is 12.8. The summed E-state index contributed by atoms with van der Waals surface area (Å²) in [5, 5.41) is 9.44. The molecule has 0 N–H and O–H groups in total. The highest BCUT2D eigenvalue weighted by molar-refractivity contribution is 6.23. The largest absolute Gasteiger partial charge is 0.453 e. The van der Waals surface area contributed by atoms with Gasteiger partial charge in [-0.1, -0.05) is 152 Å². The molecule has 2 nitrogen and oxygen atoms in total. The van der Waals surface area contributed by atoms with Gasteiger partial charge < -0.3 is 9.32 Å². The summed E-state index contributed by atoms with van der Waals surface area (Å²) in [6.07, 6.45) is 0. The van der Waals surface area contributed by atoms with Crippen LogP contribution in [-0.2, 0) is 0 Å². The summed E-state index contributed by atoms with van der Waals surface area (Å²) in [5.41, 5.74) is 9.79. The van der Waals surface area contributed by atoms with E-state index in [1.807, 2.05) is 0 Å². The maximum absolute atomic E-state index is 6.89. The molecule has 0 radical (unpaired) electrons. The molecule has 0 aliphatic rings. The summed E-state index contributed by atoms with van der Waals surface area (Å²) in [6.45, 7) is 0. The van der Waals surface area contributed by atoms with Crippen LogP contribution in [0.5, 0.6) is 0 Å². The van der Waals surface area contributed by atoms with Crippen molar-refractivity contribution in [2.45, 2.75) is 0 Å². The van der Waals surface area contributed by atoms with Crippen molar-refractivity contribution in [3.63, 3.8) is 0 Å². The van der Waals surface area contributed by atoms with Crippen LogP contribution in [0.2, 0.25) is 0 Å². The van der Waals surface area contributed by atoms with Crippen LogP contribution in [0.15, 0.2) is 192 Å². The third kappa shape index (κ3) is 4.43. The number of furan rings is 1. The SMILES string of the molecule is c1ccc(-c2c(-c3ccccc3)c3cc(N(c4ccccc4)c4cccc5c4oc4c6ccccc6ccc54)ccc3c3ccccc23)cc1. The first-order chi connectivity index (χ1) is 24.8. The molecule has 0 saturated carbocycles. The Kier molecular flexibility index (Phi) is 6.53. The van der Waals surface area contributed by atoms with Crippen molar-refractivity contribution in [2.75, 3.05) is 4.90 Å². The maximum Gasteiger partial charge on any atom is 0.159 e. The van der Waals surface area contributed by atoms with E-state index in [0.717, 1.165) is 44.4 Å². The Hall–Kier alpha value is -6.64. The third-order valence-electron chi connectivity index (χ3n) is 10.0. The minimum Gasteiger partial charge on any atom is -0.453 e. The van der Waals surface area contributed by atoms with Gasteiger partial charge in [-0.15, -0.1) is 0 Å². The molecule has 0 spiro atoms. The van der Waals surface area contributed by atoms with E-state index in [1.165, 1.54) is 49.2 Å². The van der Waals surface area contributed by atoms with Gasteiger partial charge in [0.05, 0.1) is 5.69 Å². The van der Waals surface area contributed by atoms with Gasteiger partial charge in [0, 0.05) is 27.5 Å². The second-order valence-corrected chi connectivity index (χ2v) is 12.8. The van der Waals surface area contributed by atoms with Crippen LogP contribution < -0.4 is 4.90 Å². The van der Waals surface area contributed by atoms with Crippen LogP contribution in [0.3, 0.4) is 0 Å². The van der Waals surface area contributed by atoms with Crippen LogP contribution in [-0.4, -0.2) is 0 Å². The van der Waals surface area contributed by atoms with Crippen LogP contribution in [0.1, 0.15) is 0 Å². The minimum absolute atomic E-state index is 0.870. The van der Waals surface area contributed by atoms with E-state index in [-0.39, 0.29) is 0 Å². The number of hydrogen-bond acceptors (Lipinski definition) is 2. The zero-order chi connectivity index (χ0) is 33.0. The van der Waals surface area contributed by atoms with Gasteiger partial charge in [-0.05, 0) is 85.6 Å². The van der Waals surface area contributed by atoms with Gasteiger partial charge in [-0.3, -0.25) is 0 Å².